The average molecular weight is 401 g/mol. The minimum absolute atomic E-state index is 0.0731. The van der Waals surface area contributed by atoms with E-state index in [4.69, 9.17) is 16.3 Å². The normalized spacial score (nSPS) is 17.2. The zero-order valence-electron chi connectivity index (χ0n) is 15.5. The molecule has 0 unspecified atom stereocenters. The van der Waals surface area contributed by atoms with Crippen LogP contribution in [0.4, 0.5) is 5.69 Å². The highest BCUT2D eigenvalue weighted by Crippen LogP contribution is 2.37. The Hall–Kier alpha value is -2.24. The quantitative estimate of drug-likeness (QED) is 0.618. The highest BCUT2D eigenvalue weighted by atomic mass is 35.5. The number of aliphatic imine (C=N–C) groups is 1. The van der Waals surface area contributed by atoms with Crippen LogP contribution in [0.3, 0.4) is 0 Å². The SMILES string of the molecule is CCCN=C1S/C(=C\c2ccc(OC)c(Cl)c2)C(=O)N1c1ccccc1C. The van der Waals surface area contributed by atoms with Crippen LogP contribution in [-0.2, 0) is 4.79 Å². The van der Waals surface area contributed by atoms with Gasteiger partial charge in [-0.3, -0.25) is 14.7 Å². The molecule has 1 aliphatic heterocycles. The summed E-state index contributed by atoms with van der Waals surface area (Å²) in [5.41, 5.74) is 2.74. The van der Waals surface area contributed by atoms with Gasteiger partial charge in [-0.25, -0.2) is 0 Å². The molecule has 2 aromatic carbocycles. The standard InChI is InChI=1S/C21H21ClN2O2S/c1-4-11-23-21-24(17-8-6-5-7-14(17)2)20(25)19(27-21)13-15-9-10-18(26-3)16(22)12-15/h5-10,12-13H,4,11H2,1-3H3/b19-13-,23-21?. The molecule has 2 aromatic rings. The van der Waals surface area contributed by atoms with Gasteiger partial charge in [-0.15, -0.1) is 0 Å². The number of hydrogen-bond acceptors (Lipinski definition) is 4. The van der Waals surface area contributed by atoms with Crippen LogP contribution in [0.5, 0.6) is 5.75 Å². The molecule has 0 atom stereocenters. The molecule has 6 heteroatoms. The van der Waals surface area contributed by atoms with Gasteiger partial charge < -0.3 is 4.74 Å². The van der Waals surface area contributed by atoms with Crippen LogP contribution >= 0.6 is 23.4 Å². The van der Waals surface area contributed by atoms with Crippen molar-refractivity contribution in [2.24, 2.45) is 4.99 Å². The Morgan fingerprint density at radius 1 is 1.26 bits per heavy atom. The molecule has 1 aliphatic rings. The van der Waals surface area contributed by atoms with Crippen LogP contribution < -0.4 is 9.64 Å². The molecule has 0 aliphatic carbocycles. The Morgan fingerprint density at radius 3 is 2.70 bits per heavy atom. The maximum atomic E-state index is 13.1. The molecule has 0 saturated carbocycles. The summed E-state index contributed by atoms with van der Waals surface area (Å²) in [6.07, 6.45) is 2.77. The Morgan fingerprint density at radius 2 is 2.04 bits per heavy atom. The number of ether oxygens (including phenoxy) is 1. The number of anilines is 1. The number of benzene rings is 2. The molecule has 0 bridgehead atoms. The number of carbonyl (C=O) groups is 1. The summed E-state index contributed by atoms with van der Waals surface area (Å²) < 4.78 is 5.19. The smallest absolute Gasteiger partial charge is 0.271 e. The van der Waals surface area contributed by atoms with Crippen molar-refractivity contribution in [3.8, 4) is 5.75 Å². The van der Waals surface area contributed by atoms with E-state index in [0.717, 1.165) is 23.2 Å². The second kappa shape index (κ2) is 8.63. The molecule has 140 valence electrons. The summed E-state index contributed by atoms with van der Waals surface area (Å²) >= 11 is 7.61. The van der Waals surface area contributed by atoms with Crippen molar-refractivity contribution < 1.29 is 9.53 Å². The molecule has 1 heterocycles. The highest BCUT2D eigenvalue weighted by Gasteiger charge is 2.35. The summed E-state index contributed by atoms with van der Waals surface area (Å²) in [5.74, 6) is 0.534. The Kier molecular flexibility index (Phi) is 6.24. The van der Waals surface area contributed by atoms with Crippen LogP contribution in [0, 0.1) is 6.92 Å². The van der Waals surface area contributed by atoms with E-state index in [0.29, 0.717) is 27.4 Å². The highest BCUT2D eigenvalue weighted by molar-refractivity contribution is 8.19. The van der Waals surface area contributed by atoms with Gasteiger partial charge in [-0.1, -0.05) is 42.8 Å². The van der Waals surface area contributed by atoms with Crippen LogP contribution in [-0.4, -0.2) is 24.7 Å². The molecule has 1 amide bonds. The number of aryl methyl sites for hydroxylation is 1. The van der Waals surface area contributed by atoms with Crippen molar-refractivity contribution in [2.75, 3.05) is 18.6 Å². The number of nitrogens with zero attached hydrogens (tertiary/aromatic N) is 2. The molecular weight excluding hydrogens is 380 g/mol. The molecule has 4 nitrogen and oxygen atoms in total. The number of amides is 1. The summed E-state index contributed by atoms with van der Waals surface area (Å²) in [6.45, 7) is 4.75. The first-order valence-electron chi connectivity index (χ1n) is 8.72. The Labute approximate surface area is 168 Å². The lowest BCUT2D eigenvalue weighted by Gasteiger charge is -2.17. The van der Waals surface area contributed by atoms with E-state index in [-0.39, 0.29) is 5.91 Å². The third-order valence-corrected chi connectivity index (χ3v) is 5.41. The lowest BCUT2D eigenvalue weighted by atomic mass is 10.1. The number of carbonyl (C=O) groups excluding carboxylic acids is 1. The maximum Gasteiger partial charge on any atom is 0.271 e. The molecule has 0 N–H and O–H groups in total. The van der Waals surface area contributed by atoms with Gasteiger partial charge >= 0.3 is 0 Å². The molecule has 0 radical (unpaired) electrons. The number of thioether (sulfide) groups is 1. The lowest BCUT2D eigenvalue weighted by Crippen LogP contribution is -2.29. The van der Waals surface area contributed by atoms with Crippen LogP contribution in [0.15, 0.2) is 52.4 Å². The van der Waals surface area contributed by atoms with Crippen LogP contribution in [0.2, 0.25) is 5.02 Å². The van der Waals surface area contributed by atoms with Gasteiger partial charge in [0.1, 0.15) is 5.75 Å². The van der Waals surface area contributed by atoms with Gasteiger partial charge in [0.2, 0.25) is 0 Å². The first-order valence-corrected chi connectivity index (χ1v) is 9.92. The molecule has 1 saturated heterocycles. The number of amidine groups is 1. The second-order valence-electron chi connectivity index (χ2n) is 6.10. The molecular formula is C21H21ClN2O2S. The van der Waals surface area contributed by atoms with E-state index < -0.39 is 0 Å². The van der Waals surface area contributed by atoms with Crippen LogP contribution in [0.1, 0.15) is 24.5 Å². The molecule has 27 heavy (non-hydrogen) atoms. The first-order chi connectivity index (χ1) is 13.0. The number of rotatable bonds is 5. The minimum atomic E-state index is -0.0731. The zero-order valence-corrected chi connectivity index (χ0v) is 17.1. The predicted molar refractivity (Wildman–Crippen MR) is 115 cm³/mol. The monoisotopic (exact) mass is 400 g/mol. The fraction of sp³-hybridized carbons (Fsp3) is 0.238. The number of methoxy groups -OCH3 is 1. The van der Waals surface area contributed by atoms with Crippen molar-refractivity contribution in [3.05, 3.63) is 63.5 Å². The van der Waals surface area contributed by atoms with E-state index in [9.17, 15) is 4.79 Å². The number of halogens is 1. The van der Waals surface area contributed by atoms with Gasteiger partial charge in [0.15, 0.2) is 5.17 Å². The predicted octanol–water partition coefficient (Wildman–Crippen LogP) is 5.54. The van der Waals surface area contributed by atoms with Gasteiger partial charge in [-0.2, -0.15) is 0 Å². The molecule has 0 spiro atoms. The summed E-state index contributed by atoms with van der Waals surface area (Å²) in [7, 11) is 1.58. The average Bonchev–Trinajstić information content (AvgIpc) is 2.96. The van der Waals surface area contributed by atoms with Crippen LogP contribution in [0.25, 0.3) is 6.08 Å². The van der Waals surface area contributed by atoms with Gasteiger partial charge in [0.25, 0.3) is 5.91 Å². The van der Waals surface area contributed by atoms with E-state index in [2.05, 4.69) is 11.9 Å². The topological polar surface area (TPSA) is 41.9 Å². The van der Waals surface area contributed by atoms with Gasteiger partial charge in [0.05, 0.1) is 22.7 Å². The fourth-order valence-corrected chi connectivity index (χ4v) is 4.00. The van der Waals surface area contributed by atoms with Gasteiger partial charge in [0, 0.05) is 6.54 Å². The summed E-state index contributed by atoms with van der Waals surface area (Å²) in [6, 6.07) is 13.3. The van der Waals surface area contributed by atoms with E-state index in [1.807, 2.05) is 43.3 Å². The van der Waals surface area contributed by atoms with Crippen molar-refractivity contribution in [3.63, 3.8) is 0 Å². The summed E-state index contributed by atoms with van der Waals surface area (Å²) in [4.78, 5) is 20.1. The second-order valence-corrected chi connectivity index (χ2v) is 7.51. The number of hydrogen-bond donors (Lipinski definition) is 0. The van der Waals surface area contributed by atoms with Crippen molar-refractivity contribution in [2.45, 2.75) is 20.3 Å². The zero-order chi connectivity index (χ0) is 19.4. The minimum Gasteiger partial charge on any atom is -0.495 e. The van der Waals surface area contributed by atoms with E-state index >= 15 is 0 Å². The van der Waals surface area contributed by atoms with Gasteiger partial charge in [-0.05, 0) is 60.5 Å². The van der Waals surface area contributed by atoms with Crippen molar-refractivity contribution in [1.82, 2.24) is 0 Å². The molecule has 0 aromatic heterocycles. The Bertz CT molecular complexity index is 924. The van der Waals surface area contributed by atoms with E-state index in [1.165, 1.54) is 11.8 Å². The van der Waals surface area contributed by atoms with E-state index in [1.54, 1.807) is 24.1 Å². The first kappa shape index (κ1) is 19.5. The molecule has 3 rings (SSSR count). The summed E-state index contributed by atoms with van der Waals surface area (Å²) in [5, 5.41) is 1.22. The fourth-order valence-electron chi connectivity index (χ4n) is 2.74. The lowest BCUT2D eigenvalue weighted by molar-refractivity contribution is -0.113. The third kappa shape index (κ3) is 4.20. The largest absolute Gasteiger partial charge is 0.495 e. The van der Waals surface area contributed by atoms with Crippen molar-refractivity contribution in [1.29, 1.82) is 0 Å². The maximum absolute atomic E-state index is 13.1. The number of para-hydroxylation sites is 1. The third-order valence-electron chi connectivity index (χ3n) is 4.11. The van der Waals surface area contributed by atoms with Crippen molar-refractivity contribution >= 4 is 46.2 Å². The Balaban J connectivity index is 2.00. The molecule has 1 fully saturated rings.